The van der Waals surface area contributed by atoms with Gasteiger partial charge in [0.15, 0.2) is 0 Å². The van der Waals surface area contributed by atoms with Crippen molar-refractivity contribution in [3.8, 4) is 0 Å². The molecule has 23 heavy (non-hydrogen) atoms. The first-order chi connectivity index (χ1) is 10.8. The molecule has 0 radical (unpaired) electrons. The molecular formula is C15H21Cl2N3O3. The molecule has 6 nitrogen and oxygen atoms in total. The topological polar surface area (TPSA) is 74.4 Å². The number of aromatic nitrogens is 1. The average molecular weight is 362 g/mol. The van der Waals surface area contributed by atoms with Crippen molar-refractivity contribution in [2.24, 2.45) is 5.92 Å². The fourth-order valence-electron chi connectivity index (χ4n) is 2.71. The van der Waals surface area contributed by atoms with Crippen LogP contribution >= 0.6 is 23.2 Å². The number of aromatic amines is 1. The van der Waals surface area contributed by atoms with Crippen LogP contribution in [0.15, 0.2) is 0 Å². The van der Waals surface area contributed by atoms with Gasteiger partial charge in [0, 0.05) is 24.8 Å². The summed E-state index contributed by atoms with van der Waals surface area (Å²) in [5.74, 6) is -0.172. The van der Waals surface area contributed by atoms with Crippen LogP contribution in [0.4, 0.5) is 4.79 Å². The van der Waals surface area contributed by atoms with E-state index in [1.165, 1.54) is 0 Å². The number of hydrogen-bond acceptors (Lipinski definition) is 3. The quantitative estimate of drug-likeness (QED) is 0.867. The molecule has 1 aromatic rings. The second kappa shape index (κ2) is 7.45. The average Bonchev–Trinajstić information content (AvgIpc) is 2.77. The minimum Gasteiger partial charge on any atom is -0.450 e. The lowest BCUT2D eigenvalue weighted by molar-refractivity contribution is 0.0754. The van der Waals surface area contributed by atoms with Crippen molar-refractivity contribution in [2.45, 2.75) is 33.2 Å². The first-order valence-corrected chi connectivity index (χ1v) is 8.36. The lowest BCUT2D eigenvalue weighted by atomic mass is 9.94. The van der Waals surface area contributed by atoms with Crippen LogP contribution in [0.1, 0.15) is 36.5 Å². The van der Waals surface area contributed by atoms with Gasteiger partial charge >= 0.3 is 6.09 Å². The Balaban J connectivity index is 1.97. The van der Waals surface area contributed by atoms with Crippen molar-refractivity contribution in [2.75, 3.05) is 19.7 Å². The zero-order valence-electron chi connectivity index (χ0n) is 13.4. The molecule has 0 aliphatic carbocycles. The maximum atomic E-state index is 12.4. The van der Waals surface area contributed by atoms with Crippen molar-refractivity contribution in [3.05, 3.63) is 21.4 Å². The van der Waals surface area contributed by atoms with Gasteiger partial charge in [-0.05, 0) is 26.2 Å². The molecule has 2 N–H and O–H groups in total. The van der Waals surface area contributed by atoms with E-state index in [0.29, 0.717) is 36.8 Å². The Kier molecular flexibility index (Phi) is 5.81. The lowest BCUT2D eigenvalue weighted by Gasteiger charge is -2.36. The van der Waals surface area contributed by atoms with E-state index in [0.717, 1.165) is 0 Å². The molecule has 2 rings (SSSR count). The Hall–Kier alpha value is -1.40. The molecule has 2 amide bonds. The predicted octanol–water partition coefficient (Wildman–Crippen LogP) is 3.23. The van der Waals surface area contributed by atoms with Gasteiger partial charge in [-0.3, -0.25) is 4.79 Å². The number of ether oxygens (including phenoxy) is 1. The normalized spacial score (nSPS) is 21.2. The van der Waals surface area contributed by atoms with Crippen molar-refractivity contribution < 1.29 is 14.3 Å². The number of nitrogens with one attached hydrogen (secondary N) is 2. The number of nitrogens with zero attached hydrogens (tertiary/aromatic N) is 1. The highest BCUT2D eigenvalue weighted by molar-refractivity contribution is 6.44. The molecule has 0 aromatic carbocycles. The number of amides is 2. The van der Waals surface area contributed by atoms with Gasteiger partial charge in [-0.1, -0.05) is 30.1 Å². The highest BCUT2D eigenvalue weighted by atomic mass is 35.5. The van der Waals surface area contributed by atoms with E-state index in [1.54, 1.807) is 18.7 Å². The molecule has 0 bridgehead atoms. The second-order valence-corrected chi connectivity index (χ2v) is 6.50. The van der Waals surface area contributed by atoms with Gasteiger partial charge in [0.05, 0.1) is 16.7 Å². The van der Waals surface area contributed by atoms with Crippen LogP contribution in [0, 0.1) is 12.8 Å². The standard InChI is InChI=1S/C15H21Cl2N3O3/c1-4-23-15(22)20-6-5-10(8(2)7-20)19-14(21)13-12(17)11(16)9(3)18-13/h8,10,18H,4-7H2,1-3H3,(H,19,21). The van der Waals surface area contributed by atoms with Crippen molar-refractivity contribution in [1.82, 2.24) is 15.2 Å². The third-order valence-electron chi connectivity index (χ3n) is 4.03. The number of carbonyl (C=O) groups excluding carboxylic acids is 2. The van der Waals surface area contributed by atoms with Crippen LogP contribution in [-0.4, -0.2) is 47.6 Å². The number of likely N-dealkylation sites (tertiary alicyclic amines) is 1. The van der Waals surface area contributed by atoms with Crippen molar-refractivity contribution in [3.63, 3.8) is 0 Å². The molecule has 2 atom stereocenters. The summed E-state index contributed by atoms with van der Waals surface area (Å²) in [5, 5.41) is 3.56. The molecule has 1 aliphatic rings. The summed E-state index contributed by atoms with van der Waals surface area (Å²) in [5.41, 5.74) is 0.932. The van der Waals surface area contributed by atoms with Crippen LogP contribution in [-0.2, 0) is 4.74 Å². The van der Waals surface area contributed by atoms with Crippen molar-refractivity contribution in [1.29, 1.82) is 0 Å². The van der Waals surface area contributed by atoms with Crippen LogP contribution < -0.4 is 5.32 Å². The molecule has 0 saturated carbocycles. The molecule has 0 spiro atoms. The number of hydrogen-bond donors (Lipinski definition) is 2. The maximum absolute atomic E-state index is 12.4. The second-order valence-electron chi connectivity index (χ2n) is 5.74. The summed E-state index contributed by atoms with van der Waals surface area (Å²) in [6.07, 6.45) is 0.357. The molecule has 1 aliphatic heterocycles. The minimum atomic E-state index is -0.307. The van der Waals surface area contributed by atoms with Gasteiger partial charge in [-0.2, -0.15) is 0 Å². The van der Waals surface area contributed by atoms with Crippen LogP contribution in [0.5, 0.6) is 0 Å². The fourth-order valence-corrected chi connectivity index (χ4v) is 3.13. The van der Waals surface area contributed by atoms with E-state index >= 15 is 0 Å². The summed E-state index contributed by atoms with van der Waals surface area (Å²) in [6.45, 7) is 6.97. The minimum absolute atomic E-state index is 0.0355. The number of piperidine rings is 1. The third kappa shape index (κ3) is 3.93. The van der Waals surface area contributed by atoms with Crippen LogP contribution in [0.2, 0.25) is 10.0 Å². The molecular weight excluding hydrogens is 341 g/mol. The molecule has 2 unspecified atom stereocenters. The molecule has 128 valence electrons. The molecule has 8 heteroatoms. The Morgan fingerprint density at radius 3 is 2.61 bits per heavy atom. The Morgan fingerprint density at radius 1 is 1.39 bits per heavy atom. The fraction of sp³-hybridized carbons (Fsp3) is 0.600. The zero-order valence-corrected chi connectivity index (χ0v) is 14.9. The number of aryl methyl sites for hydroxylation is 1. The van der Waals surface area contributed by atoms with E-state index in [9.17, 15) is 9.59 Å². The third-order valence-corrected chi connectivity index (χ3v) is 4.98. The smallest absolute Gasteiger partial charge is 0.409 e. The van der Waals surface area contributed by atoms with Crippen LogP contribution in [0.3, 0.4) is 0 Å². The van der Waals surface area contributed by atoms with E-state index < -0.39 is 0 Å². The summed E-state index contributed by atoms with van der Waals surface area (Å²) in [4.78, 5) is 28.7. The summed E-state index contributed by atoms with van der Waals surface area (Å²) < 4.78 is 5.01. The maximum Gasteiger partial charge on any atom is 0.409 e. The predicted molar refractivity (Wildman–Crippen MR) is 89.2 cm³/mol. The largest absolute Gasteiger partial charge is 0.450 e. The van der Waals surface area contributed by atoms with E-state index in [1.807, 2.05) is 6.92 Å². The van der Waals surface area contributed by atoms with Gasteiger partial charge in [0.1, 0.15) is 5.69 Å². The Morgan fingerprint density at radius 2 is 2.09 bits per heavy atom. The number of carbonyl (C=O) groups is 2. The number of rotatable bonds is 3. The Labute approximate surface area is 145 Å². The van der Waals surface area contributed by atoms with E-state index in [-0.39, 0.29) is 34.7 Å². The number of halogens is 2. The van der Waals surface area contributed by atoms with Gasteiger partial charge < -0.3 is 19.9 Å². The first kappa shape index (κ1) is 17.9. The summed E-state index contributed by atoms with van der Waals surface area (Å²) in [6, 6.07) is -0.0355. The molecule has 1 saturated heterocycles. The molecule has 1 aromatic heterocycles. The number of H-pyrrole nitrogens is 1. The first-order valence-electron chi connectivity index (χ1n) is 7.61. The van der Waals surface area contributed by atoms with Crippen LogP contribution in [0.25, 0.3) is 0 Å². The molecule has 1 fully saturated rings. The van der Waals surface area contributed by atoms with E-state index in [2.05, 4.69) is 10.3 Å². The molecule has 2 heterocycles. The van der Waals surface area contributed by atoms with Gasteiger partial charge in [-0.15, -0.1) is 0 Å². The van der Waals surface area contributed by atoms with Gasteiger partial charge in [-0.25, -0.2) is 4.79 Å². The zero-order chi connectivity index (χ0) is 17.1. The lowest BCUT2D eigenvalue weighted by Crippen LogP contribution is -2.51. The monoisotopic (exact) mass is 361 g/mol. The van der Waals surface area contributed by atoms with Gasteiger partial charge in [0.2, 0.25) is 0 Å². The van der Waals surface area contributed by atoms with Gasteiger partial charge in [0.25, 0.3) is 5.91 Å². The highest BCUT2D eigenvalue weighted by Gasteiger charge is 2.31. The van der Waals surface area contributed by atoms with E-state index in [4.69, 9.17) is 27.9 Å². The summed E-state index contributed by atoms with van der Waals surface area (Å²) in [7, 11) is 0. The van der Waals surface area contributed by atoms with Crippen molar-refractivity contribution >= 4 is 35.2 Å². The Bertz CT molecular complexity index is 603. The summed E-state index contributed by atoms with van der Waals surface area (Å²) >= 11 is 12.1. The highest BCUT2D eigenvalue weighted by Crippen LogP contribution is 2.29. The SMILES string of the molecule is CCOC(=O)N1CCC(NC(=O)c2[nH]c(C)c(Cl)c2Cl)C(C)C1.